The van der Waals surface area contributed by atoms with Crippen molar-refractivity contribution in [3.63, 3.8) is 0 Å². The molecule has 0 aliphatic carbocycles. The molecular weight excluding hydrogens is 452 g/mol. The van der Waals surface area contributed by atoms with Gasteiger partial charge in [0.15, 0.2) is 6.61 Å². The molecule has 8 heteroatoms. The molecule has 0 aliphatic rings. The zero-order valence-corrected chi connectivity index (χ0v) is 19.5. The van der Waals surface area contributed by atoms with E-state index >= 15 is 0 Å². The van der Waals surface area contributed by atoms with E-state index in [1.54, 1.807) is 7.11 Å². The lowest BCUT2D eigenvalue weighted by Crippen LogP contribution is -2.24. The zero-order valence-electron chi connectivity index (χ0n) is 18.7. The smallest absolute Gasteiger partial charge is 0.278 e. The van der Waals surface area contributed by atoms with E-state index in [-0.39, 0.29) is 6.61 Å². The van der Waals surface area contributed by atoms with E-state index in [1.807, 2.05) is 79.7 Å². The van der Waals surface area contributed by atoms with Crippen LogP contribution in [0.2, 0.25) is 5.02 Å². The minimum atomic E-state index is -0.419. The molecule has 0 atom stereocenters. The Morgan fingerprint density at radius 3 is 2.50 bits per heavy atom. The Labute approximate surface area is 202 Å². The number of hydrazone groups is 1. The first-order valence-electron chi connectivity index (χ1n) is 10.5. The molecule has 0 radical (unpaired) electrons. The monoisotopic (exact) mass is 474 g/mol. The van der Waals surface area contributed by atoms with Gasteiger partial charge in [-0.1, -0.05) is 65.7 Å². The third-order valence-electron chi connectivity index (χ3n) is 5.08. The first-order chi connectivity index (χ1) is 16.5. The SMILES string of the molecule is COc1ccccc1/C=N/NC(=O)COc1n[nH]c(-c2ccc(Cl)cc2)c1-c1ccc(C)cc1. The standard InChI is InChI=1S/C26H23ClN4O3/c1-17-7-9-18(10-8-17)24-25(19-11-13-21(27)14-12-19)30-31-26(24)34-16-23(32)29-28-15-20-5-3-4-6-22(20)33-2/h3-15H,16H2,1-2H3,(H,29,32)(H,30,31)/b28-15+. The zero-order chi connectivity index (χ0) is 23.9. The van der Waals surface area contributed by atoms with Crippen molar-refractivity contribution < 1.29 is 14.3 Å². The van der Waals surface area contributed by atoms with Gasteiger partial charge in [0.2, 0.25) is 5.88 Å². The second-order valence-electron chi connectivity index (χ2n) is 7.48. The number of methoxy groups -OCH3 is 1. The highest BCUT2D eigenvalue weighted by atomic mass is 35.5. The fraction of sp³-hybridized carbons (Fsp3) is 0.115. The van der Waals surface area contributed by atoms with E-state index in [2.05, 4.69) is 20.7 Å². The van der Waals surface area contributed by atoms with Gasteiger partial charge in [-0.25, -0.2) is 5.43 Å². The number of nitrogens with zero attached hydrogens (tertiary/aromatic N) is 2. The number of carbonyl (C=O) groups is 1. The normalized spacial score (nSPS) is 10.9. The van der Waals surface area contributed by atoms with Gasteiger partial charge in [-0.05, 0) is 36.8 Å². The van der Waals surface area contributed by atoms with Gasteiger partial charge in [0.1, 0.15) is 5.75 Å². The summed E-state index contributed by atoms with van der Waals surface area (Å²) in [7, 11) is 1.58. The van der Waals surface area contributed by atoms with E-state index in [0.29, 0.717) is 16.7 Å². The summed E-state index contributed by atoms with van der Waals surface area (Å²) in [6.45, 7) is 1.76. The van der Waals surface area contributed by atoms with Crippen molar-refractivity contribution in [2.75, 3.05) is 13.7 Å². The number of rotatable bonds is 8. The van der Waals surface area contributed by atoms with E-state index in [0.717, 1.165) is 33.5 Å². The molecule has 172 valence electrons. The lowest BCUT2D eigenvalue weighted by molar-refractivity contribution is -0.123. The average Bonchev–Trinajstić information content (AvgIpc) is 3.28. The molecule has 1 aromatic heterocycles. The van der Waals surface area contributed by atoms with E-state index in [9.17, 15) is 4.79 Å². The van der Waals surface area contributed by atoms with Crippen LogP contribution in [0.25, 0.3) is 22.4 Å². The highest BCUT2D eigenvalue weighted by molar-refractivity contribution is 6.30. The van der Waals surface area contributed by atoms with Crippen molar-refractivity contribution in [2.24, 2.45) is 5.10 Å². The highest BCUT2D eigenvalue weighted by Gasteiger charge is 2.19. The van der Waals surface area contributed by atoms with E-state index in [1.165, 1.54) is 6.21 Å². The summed E-state index contributed by atoms with van der Waals surface area (Å²) >= 11 is 6.05. The number of nitrogens with one attached hydrogen (secondary N) is 2. The number of hydrogen-bond acceptors (Lipinski definition) is 5. The first kappa shape index (κ1) is 23.1. The Morgan fingerprint density at radius 2 is 1.76 bits per heavy atom. The molecule has 7 nitrogen and oxygen atoms in total. The van der Waals surface area contributed by atoms with Gasteiger partial charge < -0.3 is 9.47 Å². The predicted octanol–water partition coefficient (Wildman–Crippen LogP) is 5.24. The second kappa shape index (κ2) is 10.7. The quantitative estimate of drug-likeness (QED) is 0.270. The lowest BCUT2D eigenvalue weighted by atomic mass is 10.0. The molecule has 4 aromatic rings. The van der Waals surface area contributed by atoms with E-state index < -0.39 is 5.91 Å². The molecule has 1 heterocycles. The summed E-state index contributed by atoms with van der Waals surface area (Å²) in [5.41, 5.74) is 7.67. The maximum Gasteiger partial charge on any atom is 0.278 e. The van der Waals surface area contributed by atoms with Gasteiger partial charge >= 0.3 is 0 Å². The van der Waals surface area contributed by atoms with E-state index in [4.69, 9.17) is 21.1 Å². The summed E-state index contributed by atoms with van der Waals surface area (Å²) in [6, 6.07) is 22.8. The van der Waals surface area contributed by atoms with Gasteiger partial charge in [-0.15, -0.1) is 5.10 Å². The van der Waals surface area contributed by atoms with Gasteiger partial charge in [-0.3, -0.25) is 9.89 Å². The number of ether oxygens (including phenoxy) is 2. The van der Waals surface area contributed by atoms with Crippen LogP contribution in [0.15, 0.2) is 77.9 Å². The van der Waals surface area contributed by atoms with Crippen LogP contribution >= 0.6 is 11.6 Å². The molecule has 0 spiro atoms. The number of aromatic amines is 1. The van der Waals surface area contributed by atoms with Gasteiger partial charge in [0, 0.05) is 16.1 Å². The fourth-order valence-electron chi connectivity index (χ4n) is 3.36. The van der Waals surface area contributed by atoms with Crippen LogP contribution in [0.3, 0.4) is 0 Å². The number of benzene rings is 3. The summed E-state index contributed by atoms with van der Waals surface area (Å²) in [4.78, 5) is 12.3. The van der Waals surface area contributed by atoms with Crippen LogP contribution < -0.4 is 14.9 Å². The Bertz CT molecular complexity index is 1300. The average molecular weight is 475 g/mol. The summed E-state index contributed by atoms with van der Waals surface area (Å²) in [5.74, 6) is 0.556. The Kier molecular flexibility index (Phi) is 7.25. The Morgan fingerprint density at radius 1 is 1.06 bits per heavy atom. The van der Waals surface area contributed by atoms with Gasteiger partial charge in [0.25, 0.3) is 5.91 Å². The number of aryl methyl sites for hydroxylation is 1. The maximum atomic E-state index is 12.3. The number of amides is 1. The molecule has 0 fully saturated rings. The number of para-hydroxylation sites is 1. The van der Waals surface area contributed by atoms with Gasteiger partial charge in [0.05, 0.1) is 24.6 Å². The Hall–Kier alpha value is -4.10. The van der Waals surface area contributed by atoms with Crippen LogP contribution in [0, 0.1) is 6.92 Å². The highest BCUT2D eigenvalue weighted by Crippen LogP contribution is 2.37. The minimum Gasteiger partial charge on any atom is -0.496 e. The summed E-state index contributed by atoms with van der Waals surface area (Å²) < 4.78 is 11.0. The van der Waals surface area contributed by atoms with Crippen molar-refractivity contribution in [3.05, 3.63) is 88.9 Å². The van der Waals surface area contributed by atoms with Crippen LogP contribution in [0.5, 0.6) is 11.6 Å². The third kappa shape index (κ3) is 5.44. The first-order valence-corrected chi connectivity index (χ1v) is 10.9. The molecule has 2 N–H and O–H groups in total. The largest absolute Gasteiger partial charge is 0.496 e. The predicted molar refractivity (Wildman–Crippen MR) is 133 cm³/mol. The molecule has 0 aliphatic heterocycles. The molecule has 1 amide bonds. The van der Waals surface area contributed by atoms with Crippen molar-refractivity contribution in [2.45, 2.75) is 6.92 Å². The number of H-pyrrole nitrogens is 1. The van der Waals surface area contributed by atoms with Crippen molar-refractivity contribution >= 4 is 23.7 Å². The van der Waals surface area contributed by atoms with Gasteiger partial charge in [-0.2, -0.15) is 5.10 Å². The molecular formula is C26H23ClN4O3. The second-order valence-corrected chi connectivity index (χ2v) is 7.91. The lowest BCUT2D eigenvalue weighted by Gasteiger charge is -2.08. The van der Waals surface area contributed by atoms with Crippen molar-refractivity contribution in [3.8, 4) is 34.0 Å². The fourth-order valence-corrected chi connectivity index (χ4v) is 3.48. The molecule has 4 rings (SSSR count). The minimum absolute atomic E-state index is 0.257. The number of hydrogen-bond donors (Lipinski definition) is 2. The Balaban J connectivity index is 1.51. The van der Waals surface area contributed by atoms with Crippen LogP contribution in [-0.4, -0.2) is 36.0 Å². The van der Waals surface area contributed by atoms with Crippen LogP contribution in [-0.2, 0) is 4.79 Å². The molecule has 0 saturated heterocycles. The van der Waals surface area contributed by atoms with Crippen LogP contribution in [0.4, 0.5) is 0 Å². The maximum absolute atomic E-state index is 12.3. The number of aromatic nitrogens is 2. The molecule has 3 aromatic carbocycles. The molecule has 0 bridgehead atoms. The molecule has 0 saturated carbocycles. The van der Waals surface area contributed by atoms with Crippen molar-refractivity contribution in [1.82, 2.24) is 15.6 Å². The van der Waals surface area contributed by atoms with Crippen LogP contribution in [0.1, 0.15) is 11.1 Å². The topological polar surface area (TPSA) is 88.6 Å². The summed E-state index contributed by atoms with van der Waals surface area (Å²) in [5, 5.41) is 12.0. The third-order valence-corrected chi connectivity index (χ3v) is 5.33. The summed E-state index contributed by atoms with van der Waals surface area (Å²) in [6.07, 6.45) is 1.52. The number of halogens is 1. The number of carbonyl (C=O) groups excluding carboxylic acids is 1. The molecule has 0 unspecified atom stereocenters. The molecule has 34 heavy (non-hydrogen) atoms. The van der Waals surface area contributed by atoms with Crippen molar-refractivity contribution in [1.29, 1.82) is 0 Å².